The molecule has 6 heteroatoms. The van der Waals surface area contributed by atoms with Crippen LogP contribution in [0.2, 0.25) is 0 Å². The maximum atomic E-state index is 13.5. The SMILES string of the molecule is Cc1cccc(C)c1NC(=O)C[N+]1(Cc2ccccc2)CCCC(C(=O)N2CCCCCC2)C1.[Y]. The van der Waals surface area contributed by atoms with E-state index in [1.807, 2.05) is 38.1 Å². The normalized spacial score (nSPS) is 22.6. The summed E-state index contributed by atoms with van der Waals surface area (Å²) < 4.78 is 0.644. The van der Waals surface area contributed by atoms with Crippen LogP contribution in [-0.4, -0.2) is 53.9 Å². The molecular formula is C29H40N3O2Y+. The molecule has 2 aromatic rings. The molecule has 0 saturated carbocycles. The van der Waals surface area contributed by atoms with Crippen molar-refractivity contribution in [2.75, 3.05) is 38.0 Å². The van der Waals surface area contributed by atoms with E-state index < -0.39 is 0 Å². The third kappa shape index (κ3) is 7.47. The van der Waals surface area contributed by atoms with Gasteiger partial charge in [-0.2, -0.15) is 0 Å². The van der Waals surface area contributed by atoms with E-state index in [9.17, 15) is 9.59 Å². The van der Waals surface area contributed by atoms with Crippen LogP contribution in [-0.2, 0) is 48.8 Å². The van der Waals surface area contributed by atoms with E-state index in [1.54, 1.807) is 0 Å². The van der Waals surface area contributed by atoms with Crippen molar-refractivity contribution in [1.29, 1.82) is 0 Å². The summed E-state index contributed by atoms with van der Waals surface area (Å²) >= 11 is 0. The first kappa shape index (κ1) is 28.0. The average molecular weight is 552 g/mol. The molecule has 1 N–H and O–H groups in total. The number of rotatable bonds is 6. The second-order valence-electron chi connectivity index (χ2n) is 10.4. The zero-order valence-corrected chi connectivity index (χ0v) is 24.3. The van der Waals surface area contributed by atoms with Gasteiger partial charge in [-0.1, -0.05) is 61.4 Å². The number of piperidine rings is 1. The van der Waals surface area contributed by atoms with Gasteiger partial charge in [0.1, 0.15) is 6.54 Å². The van der Waals surface area contributed by atoms with Gasteiger partial charge >= 0.3 is 0 Å². The fraction of sp³-hybridized carbons (Fsp3) is 0.517. The number of likely N-dealkylation sites (tertiary alicyclic amines) is 2. The molecule has 0 bridgehead atoms. The average Bonchev–Trinajstić information content (AvgIpc) is 3.11. The Morgan fingerprint density at radius 3 is 2.23 bits per heavy atom. The predicted octanol–water partition coefficient (Wildman–Crippen LogP) is 5.07. The minimum Gasteiger partial charge on any atom is -0.342 e. The van der Waals surface area contributed by atoms with Crippen LogP contribution in [0.5, 0.6) is 0 Å². The third-order valence-electron chi connectivity index (χ3n) is 7.65. The van der Waals surface area contributed by atoms with Crippen LogP contribution in [0.1, 0.15) is 55.2 Å². The third-order valence-corrected chi connectivity index (χ3v) is 7.65. The Morgan fingerprint density at radius 2 is 1.57 bits per heavy atom. The van der Waals surface area contributed by atoms with Crippen molar-refractivity contribution in [2.24, 2.45) is 5.92 Å². The zero-order valence-electron chi connectivity index (χ0n) is 21.5. The molecule has 2 aliphatic rings. The van der Waals surface area contributed by atoms with Gasteiger partial charge in [-0.05, 0) is 50.7 Å². The number of para-hydroxylation sites is 1. The van der Waals surface area contributed by atoms with Gasteiger partial charge in [0.15, 0.2) is 6.54 Å². The molecule has 2 aromatic carbocycles. The maximum Gasteiger partial charge on any atom is 0.279 e. The first-order chi connectivity index (χ1) is 16.5. The van der Waals surface area contributed by atoms with Crippen molar-refractivity contribution in [3.05, 3.63) is 65.2 Å². The van der Waals surface area contributed by atoms with E-state index in [0.29, 0.717) is 16.9 Å². The van der Waals surface area contributed by atoms with Crippen molar-refractivity contribution in [3.8, 4) is 0 Å². The van der Waals surface area contributed by atoms with E-state index in [4.69, 9.17) is 0 Å². The van der Waals surface area contributed by atoms with Crippen LogP contribution in [0.25, 0.3) is 0 Å². The minimum atomic E-state index is 0. The fourth-order valence-corrected chi connectivity index (χ4v) is 5.88. The van der Waals surface area contributed by atoms with Crippen LogP contribution in [0.4, 0.5) is 5.69 Å². The fourth-order valence-electron chi connectivity index (χ4n) is 5.88. The molecule has 4 rings (SSSR count). The molecule has 2 amide bonds. The van der Waals surface area contributed by atoms with Crippen LogP contribution in [0, 0.1) is 19.8 Å². The quantitative estimate of drug-likeness (QED) is 0.510. The number of nitrogens with one attached hydrogen (secondary N) is 1. The van der Waals surface area contributed by atoms with Gasteiger partial charge < -0.3 is 14.7 Å². The Labute approximate surface area is 236 Å². The summed E-state index contributed by atoms with van der Waals surface area (Å²) in [6, 6.07) is 16.5. The first-order valence-corrected chi connectivity index (χ1v) is 13.0. The molecule has 2 atom stereocenters. The maximum absolute atomic E-state index is 13.5. The van der Waals surface area contributed by atoms with Crippen molar-refractivity contribution < 1.29 is 46.8 Å². The van der Waals surface area contributed by atoms with E-state index in [2.05, 4.69) is 34.5 Å². The summed E-state index contributed by atoms with van der Waals surface area (Å²) in [7, 11) is 0. The first-order valence-electron chi connectivity index (χ1n) is 13.0. The minimum absolute atomic E-state index is 0. The Bertz CT molecular complexity index is 968. The Kier molecular flexibility index (Phi) is 10.5. The molecule has 2 unspecified atom stereocenters. The van der Waals surface area contributed by atoms with Gasteiger partial charge in [0.2, 0.25) is 5.91 Å². The molecule has 2 fully saturated rings. The van der Waals surface area contributed by atoms with Crippen LogP contribution >= 0.6 is 0 Å². The van der Waals surface area contributed by atoms with Crippen LogP contribution in [0.15, 0.2) is 48.5 Å². The number of hydrogen-bond donors (Lipinski definition) is 1. The Hall–Kier alpha value is -1.56. The van der Waals surface area contributed by atoms with Crippen molar-refractivity contribution in [1.82, 2.24) is 4.90 Å². The Balaban J connectivity index is 0.00000342. The number of quaternary nitrogens is 1. The van der Waals surface area contributed by atoms with Gasteiger partial charge in [0, 0.05) is 57.0 Å². The van der Waals surface area contributed by atoms with Crippen molar-refractivity contribution in [2.45, 2.75) is 58.9 Å². The van der Waals surface area contributed by atoms with E-state index >= 15 is 0 Å². The predicted molar refractivity (Wildman–Crippen MR) is 137 cm³/mol. The molecule has 2 saturated heterocycles. The molecule has 185 valence electrons. The second-order valence-corrected chi connectivity index (χ2v) is 10.4. The number of nitrogens with zero attached hydrogens (tertiary/aromatic N) is 2. The van der Waals surface area contributed by atoms with Gasteiger partial charge in [-0.25, -0.2) is 0 Å². The number of amides is 2. The summed E-state index contributed by atoms with van der Waals surface area (Å²) in [5.74, 6) is 0.354. The topological polar surface area (TPSA) is 49.4 Å². The molecule has 0 spiro atoms. The molecule has 0 aromatic heterocycles. The number of aryl methyl sites for hydroxylation is 2. The second kappa shape index (κ2) is 13.1. The number of anilines is 1. The van der Waals surface area contributed by atoms with Crippen molar-refractivity contribution >= 4 is 17.5 Å². The molecule has 5 nitrogen and oxygen atoms in total. The van der Waals surface area contributed by atoms with Crippen LogP contribution < -0.4 is 5.32 Å². The zero-order chi connectivity index (χ0) is 24.0. The summed E-state index contributed by atoms with van der Waals surface area (Å²) in [4.78, 5) is 29.0. The standard InChI is InChI=1S/C29H39N3O2.Y/c1-23-12-10-13-24(2)28(23)30-27(33)22-32(20-25-14-6-5-7-15-25)19-11-16-26(21-32)29(34)31-17-8-3-4-9-18-31;/h5-7,10,12-15,26H,3-4,8-9,11,16-22H2,1-2H3;/p+1. The smallest absolute Gasteiger partial charge is 0.279 e. The van der Waals surface area contributed by atoms with E-state index in [0.717, 1.165) is 75.2 Å². The molecule has 1 radical (unpaired) electrons. The monoisotopic (exact) mass is 551 g/mol. The van der Waals surface area contributed by atoms with E-state index in [1.165, 1.54) is 18.4 Å². The van der Waals surface area contributed by atoms with Gasteiger partial charge in [0.25, 0.3) is 5.91 Å². The number of hydrogen-bond acceptors (Lipinski definition) is 2. The molecule has 0 aliphatic carbocycles. The molecular weight excluding hydrogens is 511 g/mol. The van der Waals surface area contributed by atoms with E-state index in [-0.39, 0.29) is 44.5 Å². The summed E-state index contributed by atoms with van der Waals surface area (Å²) in [5, 5.41) is 3.20. The summed E-state index contributed by atoms with van der Waals surface area (Å²) in [6.07, 6.45) is 6.58. The summed E-state index contributed by atoms with van der Waals surface area (Å²) in [5.41, 5.74) is 4.30. The number of benzene rings is 2. The molecule has 2 aliphatic heterocycles. The summed E-state index contributed by atoms with van der Waals surface area (Å²) in [6.45, 7) is 8.70. The molecule has 35 heavy (non-hydrogen) atoms. The number of carbonyl (C=O) groups is 2. The number of carbonyl (C=O) groups excluding carboxylic acids is 2. The largest absolute Gasteiger partial charge is 0.342 e. The van der Waals surface area contributed by atoms with Crippen molar-refractivity contribution in [3.63, 3.8) is 0 Å². The van der Waals surface area contributed by atoms with Gasteiger partial charge in [-0.3, -0.25) is 9.59 Å². The van der Waals surface area contributed by atoms with Gasteiger partial charge in [0.05, 0.1) is 19.0 Å². The molecule has 2 heterocycles. The van der Waals surface area contributed by atoms with Gasteiger partial charge in [-0.15, -0.1) is 0 Å². The Morgan fingerprint density at radius 1 is 0.914 bits per heavy atom. The van der Waals surface area contributed by atoms with Crippen LogP contribution in [0.3, 0.4) is 0 Å².